The van der Waals surface area contributed by atoms with Gasteiger partial charge in [0.15, 0.2) is 0 Å². The van der Waals surface area contributed by atoms with E-state index < -0.39 is 5.67 Å². The van der Waals surface area contributed by atoms with E-state index in [-0.39, 0.29) is 5.54 Å². The van der Waals surface area contributed by atoms with Gasteiger partial charge in [-0.2, -0.15) is 0 Å². The second-order valence-corrected chi connectivity index (χ2v) is 4.69. The molecule has 14 heavy (non-hydrogen) atoms. The topological polar surface area (TPSA) is 54.7 Å². The number of alkyl halides is 1. The van der Waals surface area contributed by atoms with Crippen LogP contribution in [0, 0.1) is 6.92 Å². The summed E-state index contributed by atoms with van der Waals surface area (Å²) in [6.45, 7) is 4.85. The summed E-state index contributed by atoms with van der Waals surface area (Å²) in [5.41, 5.74) is 5.53. The number of nitrogens with one attached hydrogen (secondary N) is 1. The Morgan fingerprint density at radius 3 is 2.43 bits per heavy atom. The summed E-state index contributed by atoms with van der Waals surface area (Å²) >= 11 is 0. The van der Waals surface area contributed by atoms with E-state index in [4.69, 9.17) is 5.73 Å². The molecular weight excluding hydrogens is 181 g/mol. The van der Waals surface area contributed by atoms with Crippen LogP contribution in [0.3, 0.4) is 0 Å². The van der Waals surface area contributed by atoms with Crippen molar-refractivity contribution < 1.29 is 4.39 Å². The van der Waals surface area contributed by atoms with Crippen LogP contribution in [0.4, 0.5) is 4.39 Å². The van der Waals surface area contributed by atoms with E-state index in [1.54, 1.807) is 0 Å². The highest BCUT2D eigenvalue weighted by Crippen LogP contribution is 2.42. The minimum atomic E-state index is -1.40. The Morgan fingerprint density at radius 2 is 2.07 bits per heavy atom. The Labute approximate surface area is 82.9 Å². The molecule has 0 saturated heterocycles. The van der Waals surface area contributed by atoms with E-state index in [9.17, 15) is 4.39 Å². The fourth-order valence-corrected chi connectivity index (χ4v) is 1.65. The normalized spacial score (nSPS) is 19.8. The van der Waals surface area contributed by atoms with Crippen LogP contribution in [0.15, 0.2) is 0 Å². The summed E-state index contributed by atoms with van der Waals surface area (Å²) < 4.78 is 13.7. The molecular formula is C10H16FN3. The predicted molar refractivity (Wildman–Crippen MR) is 52.6 cm³/mol. The molecule has 3 nitrogen and oxygen atoms in total. The van der Waals surface area contributed by atoms with Gasteiger partial charge in [0.05, 0.1) is 11.2 Å². The lowest BCUT2D eigenvalue weighted by molar-refractivity contribution is 0.213. The van der Waals surface area contributed by atoms with Crippen molar-refractivity contribution in [3.8, 4) is 0 Å². The van der Waals surface area contributed by atoms with Crippen LogP contribution in [-0.2, 0) is 11.2 Å². The number of imidazole rings is 1. The molecule has 1 aliphatic rings. The summed E-state index contributed by atoms with van der Waals surface area (Å²) in [6.07, 6.45) is 1.87. The summed E-state index contributed by atoms with van der Waals surface area (Å²) in [4.78, 5) is 7.34. The molecule has 0 bridgehead atoms. The average molecular weight is 197 g/mol. The zero-order valence-corrected chi connectivity index (χ0v) is 8.82. The van der Waals surface area contributed by atoms with Crippen molar-refractivity contribution in [1.82, 2.24) is 9.97 Å². The second kappa shape index (κ2) is 2.57. The Balaban J connectivity index is 2.40. The van der Waals surface area contributed by atoms with E-state index in [1.165, 1.54) is 13.8 Å². The van der Waals surface area contributed by atoms with Gasteiger partial charge >= 0.3 is 0 Å². The van der Waals surface area contributed by atoms with E-state index >= 15 is 0 Å². The van der Waals surface area contributed by atoms with Crippen LogP contribution in [0.2, 0.25) is 0 Å². The van der Waals surface area contributed by atoms with Gasteiger partial charge in [-0.15, -0.1) is 0 Å². The van der Waals surface area contributed by atoms with Gasteiger partial charge in [-0.05, 0) is 33.6 Å². The number of hydrogen-bond donors (Lipinski definition) is 2. The van der Waals surface area contributed by atoms with Crippen molar-refractivity contribution in [3.05, 3.63) is 17.2 Å². The molecule has 1 aromatic rings. The van der Waals surface area contributed by atoms with Gasteiger partial charge in [0, 0.05) is 5.69 Å². The number of rotatable bonds is 2. The third-order valence-electron chi connectivity index (χ3n) is 2.71. The SMILES string of the molecule is Cc1[nH]c(C2(N)CC2)nc1C(C)(C)F. The third-order valence-corrected chi connectivity index (χ3v) is 2.71. The van der Waals surface area contributed by atoms with Gasteiger partial charge in [-0.1, -0.05) is 0 Å². The highest BCUT2D eigenvalue weighted by Gasteiger charge is 2.44. The Kier molecular flexibility index (Phi) is 1.77. The van der Waals surface area contributed by atoms with Gasteiger partial charge in [-0.3, -0.25) is 0 Å². The highest BCUT2D eigenvalue weighted by atomic mass is 19.1. The molecule has 0 atom stereocenters. The lowest BCUT2D eigenvalue weighted by Gasteiger charge is -2.11. The number of aryl methyl sites for hydroxylation is 1. The van der Waals surface area contributed by atoms with Crippen molar-refractivity contribution in [2.75, 3.05) is 0 Å². The molecule has 78 valence electrons. The number of hydrogen-bond acceptors (Lipinski definition) is 2. The zero-order chi connectivity index (χ0) is 10.6. The van der Waals surface area contributed by atoms with E-state index in [0.29, 0.717) is 5.69 Å². The molecule has 1 aromatic heterocycles. The molecule has 0 radical (unpaired) electrons. The molecule has 2 rings (SSSR count). The van der Waals surface area contributed by atoms with Crippen molar-refractivity contribution in [1.29, 1.82) is 0 Å². The summed E-state index contributed by atoms with van der Waals surface area (Å²) in [7, 11) is 0. The minimum absolute atomic E-state index is 0.311. The van der Waals surface area contributed by atoms with Gasteiger partial charge in [0.2, 0.25) is 0 Å². The average Bonchev–Trinajstić information content (AvgIpc) is 2.61. The number of nitrogens with zero attached hydrogens (tertiary/aromatic N) is 1. The maximum absolute atomic E-state index is 13.7. The molecule has 0 unspecified atom stereocenters. The van der Waals surface area contributed by atoms with Crippen molar-refractivity contribution in [3.63, 3.8) is 0 Å². The monoisotopic (exact) mass is 197 g/mol. The van der Waals surface area contributed by atoms with Crippen molar-refractivity contribution >= 4 is 0 Å². The number of aromatic nitrogens is 2. The zero-order valence-electron chi connectivity index (χ0n) is 8.82. The molecule has 0 aromatic carbocycles. The molecule has 3 N–H and O–H groups in total. The quantitative estimate of drug-likeness (QED) is 0.760. The number of nitrogens with two attached hydrogens (primary N) is 1. The van der Waals surface area contributed by atoms with Crippen LogP contribution in [0.1, 0.15) is 43.9 Å². The summed E-state index contributed by atoms with van der Waals surface area (Å²) in [6, 6.07) is 0. The first-order valence-electron chi connectivity index (χ1n) is 4.88. The van der Waals surface area contributed by atoms with Crippen molar-refractivity contribution in [2.24, 2.45) is 5.73 Å². The van der Waals surface area contributed by atoms with E-state index in [0.717, 1.165) is 24.4 Å². The second-order valence-electron chi connectivity index (χ2n) is 4.69. The first-order valence-corrected chi connectivity index (χ1v) is 4.88. The fourth-order valence-electron chi connectivity index (χ4n) is 1.65. The van der Waals surface area contributed by atoms with E-state index in [1.807, 2.05) is 6.92 Å². The highest BCUT2D eigenvalue weighted by molar-refractivity contribution is 5.25. The van der Waals surface area contributed by atoms with Crippen LogP contribution in [-0.4, -0.2) is 9.97 Å². The summed E-state index contributed by atoms with van der Waals surface area (Å²) in [5.74, 6) is 0.732. The van der Waals surface area contributed by atoms with Crippen LogP contribution in [0.25, 0.3) is 0 Å². The Hall–Kier alpha value is -0.900. The molecule has 1 aliphatic carbocycles. The molecule has 1 saturated carbocycles. The molecule has 1 fully saturated rings. The van der Waals surface area contributed by atoms with Crippen LogP contribution >= 0.6 is 0 Å². The largest absolute Gasteiger partial charge is 0.344 e. The summed E-state index contributed by atoms with van der Waals surface area (Å²) in [5, 5.41) is 0. The molecule has 0 amide bonds. The number of aromatic amines is 1. The van der Waals surface area contributed by atoms with Crippen LogP contribution < -0.4 is 5.73 Å². The molecule has 0 spiro atoms. The standard InChI is InChI=1S/C10H16FN3/c1-6-7(9(2,3)11)14-8(13-6)10(12)4-5-10/h4-5,12H2,1-3H3,(H,13,14). The van der Waals surface area contributed by atoms with Gasteiger partial charge in [-0.25, -0.2) is 9.37 Å². The first kappa shape index (κ1) is 9.65. The third kappa shape index (κ3) is 1.43. The Morgan fingerprint density at radius 1 is 1.50 bits per heavy atom. The van der Waals surface area contributed by atoms with Crippen LogP contribution in [0.5, 0.6) is 0 Å². The van der Waals surface area contributed by atoms with Gasteiger partial charge in [0.25, 0.3) is 0 Å². The lowest BCUT2D eigenvalue weighted by Crippen LogP contribution is -2.21. The van der Waals surface area contributed by atoms with Gasteiger partial charge in [0.1, 0.15) is 11.5 Å². The number of halogens is 1. The first-order chi connectivity index (χ1) is 6.33. The fraction of sp³-hybridized carbons (Fsp3) is 0.700. The smallest absolute Gasteiger partial charge is 0.149 e. The number of H-pyrrole nitrogens is 1. The lowest BCUT2D eigenvalue weighted by atomic mass is 10.1. The predicted octanol–water partition coefficient (Wildman–Crippen LogP) is 1.87. The maximum Gasteiger partial charge on any atom is 0.149 e. The molecule has 4 heteroatoms. The Bertz CT molecular complexity index is 358. The molecule has 1 heterocycles. The maximum atomic E-state index is 13.7. The van der Waals surface area contributed by atoms with Gasteiger partial charge < -0.3 is 10.7 Å². The van der Waals surface area contributed by atoms with E-state index in [2.05, 4.69) is 9.97 Å². The minimum Gasteiger partial charge on any atom is -0.344 e. The van der Waals surface area contributed by atoms with Crippen molar-refractivity contribution in [2.45, 2.75) is 44.8 Å². The molecule has 0 aliphatic heterocycles.